The molecule has 0 aliphatic carbocycles. The van der Waals surface area contributed by atoms with Crippen molar-refractivity contribution in [3.63, 3.8) is 0 Å². The van der Waals surface area contributed by atoms with Crippen molar-refractivity contribution < 1.29 is 4.79 Å². The highest BCUT2D eigenvalue weighted by Gasteiger charge is 2.05. The lowest BCUT2D eigenvalue weighted by atomic mass is 10.1. The van der Waals surface area contributed by atoms with Gasteiger partial charge in [-0.25, -0.2) is 0 Å². The molecule has 0 aliphatic heterocycles. The summed E-state index contributed by atoms with van der Waals surface area (Å²) in [6, 6.07) is 7.42. The van der Waals surface area contributed by atoms with E-state index in [0.29, 0.717) is 5.56 Å². The molecule has 0 spiro atoms. The zero-order valence-corrected chi connectivity index (χ0v) is 9.93. The number of Topliss-reactive ketones (excluding diaryl/α,β-unsaturated/α-hetero) is 1. The molecule has 17 heavy (non-hydrogen) atoms. The third-order valence-electron chi connectivity index (χ3n) is 2.44. The summed E-state index contributed by atoms with van der Waals surface area (Å²) in [6.45, 7) is 8.98. The van der Waals surface area contributed by atoms with Gasteiger partial charge < -0.3 is 10.6 Å². The molecule has 0 radical (unpaired) electrons. The quantitative estimate of drug-likeness (QED) is 0.575. The predicted molar refractivity (Wildman–Crippen MR) is 72.4 cm³/mol. The Labute approximate surface area is 102 Å². The second kappa shape index (κ2) is 6.66. The molecule has 0 saturated heterocycles. The molecule has 0 aromatic heterocycles. The van der Waals surface area contributed by atoms with E-state index in [1.165, 1.54) is 0 Å². The average molecular weight is 230 g/mol. The van der Waals surface area contributed by atoms with Gasteiger partial charge >= 0.3 is 0 Å². The Hall–Kier alpha value is -1.87. The normalized spacial score (nSPS) is 9.71. The Morgan fingerprint density at radius 1 is 1.18 bits per heavy atom. The molecular weight excluding hydrogens is 212 g/mol. The summed E-state index contributed by atoms with van der Waals surface area (Å²) in [5.74, 6) is -0.0458. The largest absolute Gasteiger partial charge is 0.364 e. The highest BCUT2D eigenvalue weighted by atomic mass is 16.1. The first-order valence-electron chi connectivity index (χ1n) is 5.53. The van der Waals surface area contributed by atoms with Crippen molar-refractivity contribution in [1.82, 2.24) is 0 Å². The molecule has 0 aliphatic rings. The topological polar surface area (TPSA) is 46.3 Å². The van der Waals surface area contributed by atoms with E-state index < -0.39 is 0 Å². The van der Waals surface area contributed by atoms with Crippen molar-refractivity contribution >= 4 is 11.5 Å². The van der Waals surface area contributed by atoms with E-state index in [1.54, 1.807) is 12.1 Å². The van der Waals surface area contributed by atoms with Crippen LogP contribution in [-0.4, -0.2) is 25.4 Å². The monoisotopic (exact) mass is 230 g/mol. The van der Waals surface area contributed by atoms with E-state index in [1.807, 2.05) is 24.3 Å². The highest BCUT2D eigenvalue weighted by molar-refractivity contribution is 5.97. The van der Waals surface area contributed by atoms with Gasteiger partial charge in [0.05, 0.1) is 6.54 Å². The van der Waals surface area contributed by atoms with Crippen LogP contribution in [0.15, 0.2) is 49.6 Å². The summed E-state index contributed by atoms with van der Waals surface area (Å²) in [6.07, 6.45) is 3.67. The number of nitrogens with zero attached hydrogens (tertiary/aromatic N) is 1. The molecule has 1 aromatic carbocycles. The Morgan fingerprint density at radius 3 is 2.12 bits per heavy atom. The standard InChI is InChI=1S/C14H18N2O/c1-3-9-16(10-4-2)13-7-5-12(6-8-13)14(17)11-15/h3-8H,1-2,9-11,15H2. The van der Waals surface area contributed by atoms with Gasteiger partial charge in [-0.1, -0.05) is 12.2 Å². The van der Waals surface area contributed by atoms with E-state index in [-0.39, 0.29) is 12.3 Å². The molecule has 0 bridgehead atoms. The van der Waals surface area contributed by atoms with E-state index in [9.17, 15) is 4.79 Å². The number of anilines is 1. The molecule has 0 amide bonds. The number of carbonyl (C=O) groups is 1. The number of carbonyl (C=O) groups excluding carboxylic acids is 1. The summed E-state index contributed by atoms with van der Waals surface area (Å²) in [7, 11) is 0. The smallest absolute Gasteiger partial charge is 0.176 e. The molecule has 0 fully saturated rings. The number of rotatable bonds is 7. The molecule has 3 heteroatoms. The highest BCUT2D eigenvalue weighted by Crippen LogP contribution is 2.15. The van der Waals surface area contributed by atoms with Crippen LogP contribution in [0.5, 0.6) is 0 Å². The molecule has 1 rings (SSSR count). The van der Waals surface area contributed by atoms with Crippen molar-refractivity contribution in [2.75, 3.05) is 24.5 Å². The summed E-state index contributed by atoms with van der Waals surface area (Å²) in [5, 5.41) is 0. The molecule has 0 unspecified atom stereocenters. The Morgan fingerprint density at radius 2 is 1.71 bits per heavy atom. The van der Waals surface area contributed by atoms with Crippen LogP contribution < -0.4 is 10.6 Å². The fourth-order valence-corrected chi connectivity index (χ4v) is 1.57. The van der Waals surface area contributed by atoms with Crippen LogP contribution >= 0.6 is 0 Å². The average Bonchev–Trinajstić information content (AvgIpc) is 2.38. The Kier molecular flexibility index (Phi) is 5.17. The van der Waals surface area contributed by atoms with Gasteiger partial charge in [-0.15, -0.1) is 13.2 Å². The molecule has 0 saturated carbocycles. The molecule has 2 N–H and O–H groups in total. The molecule has 1 aromatic rings. The second-order valence-corrected chi connectivity index (χ2v) is 3.66. The van der Waals surface area contributed by atoms with Crippen LogP contribution in [0.3, 0.4) is 0 Å². The Balaban J connectivity index is 2.86. The summed E-state index contributed by atoms with van der Waals surface area (Å²) in [4.78, 5) is 13.5. The first-order chi connectivity index (χ1) is 8.22. The van der Waals surface area contributed by atoms with Crippen LogP contribution in [0.2, 0.25) is 0 Å². The number of ketones is 1. The molecular formula is C14H18N2O. The maximum absolute atomic E-state index is 11.4. The second-order valence-electron chi connectivity index (χ2n) is 3.66. The maximum atomic E-state index is 11.4. The van der Waals surface area contributed by atoms with E-state index in [4.69, 9.17) is 5.73 Å². The molecule has 0 atom stereocenters. The van der Waals surface area contributed by atoms with Crippen molar-refractivity contribution in [3.05, 3.63) is 55.1 Å². The van der Waals surface area contributed by atoms with E-state index in [0.717, 1.165) is 18.8 Å². The lowest BCUT2D eigenvalue weighted by molar-refractivity contribution is 0.100. The van der Waals surface area contributed by atoms with Crippen molar-refractivity contribution in [2.45, 2.75) is 0 Å². The summed E-state index contributed by atoms with van der Waals surface area (Å²) < 4.78 is 0. The molecule has 3 nitrogen and oxygen atoms in total. The van der Waals surface area contributed by atoms with Gasteiger partial charge in [0.1, 0.15) is 0 Å². The number of benzene rings is 1. The number of hydrogen-bond donors (Lipinski definition) is 1. The lowest BCUT2D eigenvalue weighted by Gasteiger charge is -2.21. The van der Waals surface area contributed by atoms with Crippen LogP contribution in [0.4, 0.5) is 5.69 Å². The summed E-state index contributed by atoms with van der Waals surface area (Å²) in [5.41, 5.74) is 7.00. The SMILES string of the molecule is C=CCN(CC=C)c1ccc(C(=O)CN)cc1. The van der Waals surface area contributed by atoms with Crippen LogP contribution in [0.1, 0.15) is 10.4 Å². The van der Waals surface area contributed by atoms with Gasteiger partial charge in [0, 0.05) is 24.3 Å². The maximum Gasteiger partial charge on any atom is 0.176 e. The van der Waals surface area contributed by atoms with Crippen LogP contribution in [-0.2, 0) is 0 Å². The Bertz CT molecular complexity index is 385. The molecule has 0 heterocycles. The first-order valence-corrected chi connectivity index (χ1v) is 5.53. The number of hydrogen-bond acceptors (Lipinski definition) is 3. The summed E-state index contributed by atoms with van der Waals surface area (Å²) >= 11 is 0. The minimum atomic E-state index is -0.0458. The molecule has 90 valence electrons. The minimum absolute atomic E-state index is 0.0440. The zero-order chi connectivity index (χ0) is 12.7. The number of nitrogens with two attached hydrogens (primary N) is 1. The van der Waals surface area contributed by atoms with E-state index in [2.05, 4.69) is 18.1 Å². The predicted octanol–water partition coefficient (Wildman–Crippen LogP) is 2.01. The van der Waals surface area contributed by atoms with Crippen LogP contribution in [0, 0.1) is 0 Å². The van der Waals surface area contributed by atoms with Crippen molar-refractivity contribution in [1.29, 1.82) is 0 Å². The van der Waals surface area contributed by atoms with Gasteiger partial charge in [0.25, 0.3) is 0 Å². The van der Waals surface area contributed by atoms with Gasteiger partial charge in [-0.3, -0.25) is 4.79 Å². The van der Waals surface area contributed by atoms with Crippen molar-refractivity contribution in [3.8, 4) is 0 Å². The minimum Gasteiger partial charge on any atom is -0.364 e. The van der Waals surface area contributed by atoms with Gasteiger partial charge in [0.15, 0.2) is 5.78 Å². The first kappa shape index (κ1) is 13.2. The van der Waals surface area contributed by atoms with Gasteiger partial charge in [-0.05, 0) is 24.3 Å². The van der Waals surface area contributed by atoms with E-state index >= 15 is 0 Å². The van der Waals surface area contributed by atoms with Crippen molar-refractivity contribution in [2.24, 2.45) is 5.73 Å². The van der Waals surface area contributed by atoms with Gasteiger partial charge in [0.2, 0.25) is 0 Å². The third kappa shape index (κ3) is 3.57. The van der Waals surface area contributed by atoms with Gasteiger partial charge in [-0.2, -0.15) is 0 Å². The lowest BCUT2D eigenvalue weighted by Crippen LogP contribution is -2.23. The fraction of sp³-hybridized carbons (Fsp3) is 0.214. The fourth-order valence-electron chi connectivity index (χ4n) is 1.57. The van der Waals surface area contributed by atoms with Crippen LogP contribution in [0.25, 0.3) is 0 Å². The zero-order valence-electron chi connectivity index (χ0n) is 9.93. The third-order valence-corrected chi connectivity index (χ3v) is 2.44.